The van der Waals surface area contributed by atoms with Gasteiger partial charge in [-0.05, 0) is 19.3 Å². The highest BCUT2D eigenvalue weighted by atomic mass is 16.5. The monoisotopic (exact) mass is 197 g/mol. The van der Waals surface area contributed by atoms with Crippen molar-refractivity contribution in [3.05, 3.63) is 0 Å². The van der Waals surface area contributed by atoms with Gasteiger partial charge in [0.05, 0.1) is 12.6 Å². The molecule has 0 aromatic rings. The minimum absolute atomic E-state index is 0.213. The van der Waals surface area contributed by atoms with Crippen molar-refractivity contribution in [2.45, 2.75) is 38.1 Å². The average molecular weight is 197 g/mol. The molecular weight excluding hydrogens is 178 g/mol. The average Bonchev–Trinajstić information content (AvgIpc) is 2.47. The van der Waals surface area contributed by atoms with E-state index < -0.39 is 0 Å². The summed E-state index contributed by atoms with van der Waals surface area (Å²) in [5.41, 5.74) is 0. The van der Waals surface area contributed by atoms with E-state index in [-0.39, 0.29) is 6.04 Å². The van der Waals surface area contributed by atoms with Crippen molar-refractivity contribution in [2.75, 3.05) is 26.3 Å². The number of Topliss-reactive ketones (excluding diaryl/α,β-unsaturated/α-hetero) is 1. The van der Waals surface area contributed by atoms with Gasteiger partial charge in [0.2, 0.25) is 0 Å². The predicted molar refractivity (Wildman–Crippen MR) is 54.3 cm³/mol. The maximum atomic E-state index is 11.7. The van der Waals surface area contributed by atoms with Crippen LogP contribution in [0.15, 0.2) is 0 Å². The Morgan fingerprint density at radius 1 is 1.14 bits per heavy atom. The lowest BCUT2D eigenvalue weighted by Crippen LogP contribution is -2.44. The molecule has 3 nitrogen and oxygen atoms in total. The zero-order valence-corrected chi connectivity index (χ0v) is 8.71. The van der Waals surface area contributed by atoms with Crippen LogP contribution in [0, 0.1) is 0 Å². The summed E-state index contributed by atoms with van der Waals surface area (Å²) in [7, 11) is 0. The maximum absolute atomic E-state index is 11.7. The number of hydrogen-bond acceptors (Lipinski definition) is 3. The Kier molecular flexibility index (Phi) is 3.54. The van der Waals surface area contributed by atoms with Crippen molar-refractivity contribution < 1.29 is 9.53 Å². The van der Waals surface area contributed by atoms with Gasteiger partial charge in [-0.25, -0.2) is 0 Å². The molecule has 1 unspecified atom stereocenters. The standard InChI is InChI=1S/C11H19NO2/c13-11-5-2-1-4-10(11)12-6-3-8-14-9-7-12/h10H,1-9H2. The molecule has 1 atom stereocenters. The van der Waals surface area contributed by atoms with Gasteiger partial charge in [0.15, 0.2) is 0 Å². The van der Waals surface area contributed by atoms with E-state index in [1.807, 2.05) is 0 Å². The highest BCUT2D eigenvalue weighted by Gasteiger charge is 2.28. The van der Waals surface area contributed by atoms with Crippen LogP contribution in [-0.2, 0) is 9.53 Å². The lowest BCUT2D eigenvalue weighted by atomic mass is 9.93. The summed E-state index contributed by atoms with van der Waals surface area (Å²) in [5.74, 6) is 0.457. The zero-order valence-electron chi connectivity index (χ0n) is 8.71. The molecule has 0 N–H and O–H groups in total. The first-order valence-electron chi connectivity index (χ1n) is 5.72. The van der Waals surface area contributed by atoms with Crippen molar-refractivity contribution >= 4 is 5.78 Å². The molecule has 0 aromatic carbocycles. The van der Waals surface area contributed by atoms with E-state index >= 15 is 0 Å². The SMILES string of the molecule is O=C1CCCCC1N1CCCOCC1. The fraction of sp³-hybridized carbons (Fsp3) is 0.909. The number of hydrogen-bond donors (Lipinski definition) is 0. The van der Waals surface area contributed by atoms with Gasteiger partial charge in [0.1, 0.15) is 5.78 Å². The molecule has 1 aliphatic heterocycles. The molecule has 3 heteroatoms. The van der Waals surface area contributed by atoms with Crippen molar-refractivity contribution in [3.8, 4) is 0 Å². The molecule has 2 fully saturated rings. The smallest absolute Gasteiger partial charge is 0.149 e. The second kappa shape index (κ2) is 4.89. The minimum Gasteiger partial charge on any atom is -0.380 e. The fourth-order valence-electron chi connectivity index (χ4n) is 2.43. The van der Waals surface area contributed by atoms with Crippen LogP contribution in [0.4, 0.5) is 0 Å². The van der Waals surface area contributed by atoms with E-state index in [0.29, 0.717) is 5.78 Å². The van der Waals surface area contributed by atoms with Gasteiger partial charge in [-0.1, -0.05) is 6.42 Å². The molecule has 80 valence electrons. The van der Waals surface area contributed by atoms with Crippen LogP contribution in [0.2, 0.25) is 0 Å². The molecular formula is C11H19NO2. The molecule has 2 rings (SSSR count). The van der Waals surface area contributed by atoms with Crippen LogP contribution in [0.5, 0.6) is 0 Å². The summed E-state index contributed by atoms with van der Waals surface area (Å²) in [6.45, 7) is 3.63. The molecule has 1 heterocycles. The highest BCUT2D eigenvalue weighted by Crippen LogP contribution is 2.20. The Labute approximate surface area is 85.4 Å². The van der Waals surface area contributed by atoms with Crippen LogP contribution in [0.25, 0.3) is 0 Å². The third-order valence-corrected chi connectivity index (χ3v) is 3.22. The maximum Gasteiger partial charge on any atom is 0.149 e. The number of ketones is 1. The Balaban J connectivity index is 1.93. The third-order valence-electron chi connectivity index (χ3n) is 3.22. The minimum atomic E-state index is 0.213. The van der Waals surface area contributed by atoms with Crippen molar-refractivity contribution in [3.63, 3.8) is 0 Å². The number of rotatable bonds is 1. The lowest BCUT2D eigenvalue weighted by Gasteiger charge is -2.31. The molecule has 0 amide bonds. The summed E-state index contributed by atoms with van der Waals surface area (Å²) >= 11 is 0. The van der Waals surface area contributed by atoms with E-state index in [1.165, 1.54) is 6.42 Å². The first kappa shape index (κ1) is 10.1. The van der Waals surface area contributed by atoms with Crippen LogP contribution < -0.4 is 0 Å². The Hall–Kier alpha value is -0.410. The second-order valence-electron chi connectivity index (χ2n) is 4.23. The predicted octanol–water partition coefficient (Wildman–Crippen LogP) is 1.22. The van der Waals surface area contributed by atoms with E-state index in [1.54, 1.807) is 0 Å². The summed E-state index contributed by atoms with van der Waals surface area (Å²) in [5, 5.41) is 0. The zero-order chi connectivity index (χ0) is 9.80. The molecule has 1 saturated carbocycles. The van der Waals surface area contributed by atoms with Gasteiger partial charge in [0, 0.05) is 26.1 Å². The van der Waals surface area contributed by atoms with Gasteiger partial charge in [-0.3, -0.25) is 9.69 Å². The summed E-state index contributed by atoms with van der Waals surface area (Å²) in [4.78, 5) is 14.1. The molecule has 1 aliphatic carbocycles. The fourth-order valence-corrected chi connectivity index (χ4v) is 2.43. The molecule has 0 spiro atoms. The number of carbonyl (C=O) groups is 1. The molecule has 0 radical (unpaired) electrons. The quantitative estimate of drug-likeness (QED) is 0.633. The van der Waals surface area contributed by atoms with Gasteiger partial charge in [0.25, 0.3) is 0 Å². The first-order valence-corrected chi connectivity index (χ1v) is 5.72. The number of carbonyl (C=O) groups excluding carboxylic acids is 1. The van der Waals surface area contributed by atoms with Crippen LogP contribution >= 0.6 is 0 Å². The van der Waals surface area contributed by atoms with Gasteiger partial charge in [-0.15, -0.1) is 0 Å². The van der Waals surface area contributed by atoms with E-state index in [2.05, 4.69) is 4.90 Å². The van der Waals surface area contributed by atoms with Crippen molar-refractivity contribution in [2.24, 2.45) is 0 Å². The van der Waals surface area contributed by atoms with Gasteiger partial charge in [-0.2, -0.15) is 0 Å². The van der Waals surface area contributed by atoms with Gasteiger partial charge >= 0.3 is 0 Å². The van der Waals surface area contributed by atoms with Crippen LogP contribution in [0.1, 0.15) is 32.1 Å². The van der Waals surface area contributed by atoms with E-state index in [9.17, 15) is 4.79 Å². The summed E-state index contributed by atoms with van der Waals surface area (Å²) in [6, 6.07) is 0.213. The Morgan fingerprint density at radius 3 is 2.93 bits per heavy atom. The molecule has 0 aromatic heterocycles. The number of ether oxygens (including phenoxy) is 1. The van der Waals surface area contributed by atoms with Crippen LogP contribution in [0.3, 0.4) is 0 Å². The first-order chi connectivity index (χ1) is 6.88. The van der Waals surface area contributed by atoms with Gasteiger partial charge < -0.3 is 4.74 Å². The number of nitrogens with zero attached hydrogens (tertiary/aromatic N) is 1. The summed E-state index contributed by atoms with van der Waals surface area (Å²) in [6.07, 6.45) is 5.25. The Morgan fingerprint density at radius 2 is 2.07 bits per heavy atom. The Bertz CT molecular complexity index is 197. The van der Waals surface area contributed by atoms with Crippen molar-refractivity contribution in [1.82, 2.24) is 4.90 Å². The van der Waals surface area contributed by atoms with E-state index in [4.69, 9.17) is 4.74 Å². The second-order valence-corrected chi connectivity index (χ2v) is 4.23. The molecule has 0 bridgehead atoms. The van der Waals surface area contributed by atoms with Crippen molar-refractivity contribution in [1.29, 1.82) is 0 Å². The molecule has 1 saturated heterocycles. The third kappa shape index (κ3) is 2.34. The largest absolute Gasteiger partial charge is 0.380 e. The lowest BCUT2D eigenvalue weighted by molar-refractivity contribution is -0.126. The van der Waals surface area contributed by atoms with Crippen LogP contribution in [-0.4, -0.2) is 43.0 Å². The normalized spacial score (nSPS) is 31.4. The molecule has 14 heavy (non-hydrogen) atoms. The highest BCUT2D eigenvalue weighted by molar-refractivity contribution is 5.84. The molecule has 2 aliphatic rings. The topological polar surface area (TPSA) is 29.5 Å². The van der Waals surface area contributed by atoms with E-state index in [0.717, 1.165) is 52.0 Å². The summed E-state index contributed by atoms with van der Waals surface area (Å²) < 4.78 is 5.40.